The first kappa shape index (κ1) is 43.8. The minimum atomic E-state index is 0.827. The molecule has 0 aliphatic heterocycles. The van der Waals surface area contributed by atoms with Gasteiger partial charge in [-0.15, -0.1) is 0 Å². The van der Waals surface area contributed by atoms with E-state index in [2.05, 4.69) is 119 Å². The van der Waals surface area contributed by atoms with Gasteiger partial charge in [0.1, 0.15) is 0 Å². The number of pyridine rings is 6. The van der Waals surface area contributed by atoms with Gasteiger partial charge >= 0.3 is 0 Å². The van der Waals surface area contributed by atoms with Crippen LogP contribution in [0, 0.1) is 0 Å². The summed E-state index contributed by atoms with van der Waals surface area (Å²) in [5.74, 6) is 0. The lowest BCUT2D eigenvalue weighted by molar-refractivity contribution is 0.664. The van der Waals surface area contributed by atoms with Crippen LogP contribution in [0.3, 0.4) is 0 Å². The quantitative estimate of drug-likeness (QED) is 0.0800. The first-order valence-electron chi connectivity index (χ1n) is 23.7. The van der Waals surface area contributed by atoms with Crippen molar-refractivity contribution in [3.8, 4) is 90.1 Å². The van der Waals surface area contributed by atoms with Crippen LogP contribution in [0.1, 0.15) is 76.3 Å². The molecule has 6 heterocycles. The van der Waals surface area contributed by atoms with Gasteiger partial charge in [-0.25, -0.2) is 9.97 Å². The van der Waals surface area contributed by atoms with Gasteiger partial charge < -0.3 is 0 Å². The molecule has 0 atom stereocenters. The Morgan fingerprint density at radius 2 is 0.606 bits per heavy atom. The second-order valence-electron chi connectivity index (χ2n) is 17.1. The molecular formula is C60H56N6. The zero-order valence-electron chi connectivity index (χ0n) is 38.1. The van der Waals surface area contributed by atoms with Gasteiger partial charge in [0.15, 0.2) is 0 Å². The van der Waals surface area contributed by atoms with Crippen LogP contribution in [0.4, 0.5) is 0 Å². The molecular weight excluding hydrogens is 805 g/mol. The molecule has 0 fully saturated rings. The summed E-state index contributed by atoms with van der Waals surface area (Å²) in [6.45, 7) is 4.57. The van der Waals surface area contributed by atoms with Crippen molar-refractivity contribution in [3.63, 3.8) is 0 Å². The van der Waals surface area contributed by atoms with Crippen LogP contribution in [-0.4, -0.2) is 29.9 Å². The molecule has 6 heteroatoms. The SMILES string of the molecule is CCCCCCc1cc(-c2ccc(-c3cc(-c4ccccn4)nc(-c4ccccn4)c3)cc2)c(CCCCCC)cc1-c1ccc(-c2cc(-c3ccccn3)nc(-c3ccccn3)c2)cc1. The van der Waals surface area contributed by atoms with Crippen molar-refractivity contribution in [3.05, 3.63) is 194 Å². The average molecular weight is 861 g/mol. The predicted molar refractivity (Wildman–Crippen MR) is 272 cm³/mol. The maximum Gasteiger partial charge on any atom is 0.0900 e. The van der Waals surface area contributed by atoms with E-state index in [1.54, 1.807) is 0 Å². The summed E-state index contributed by atoms with van der Waals surface area (Å²) in [6.07, 6.45) is 19.0. The fourth-order valence-corrected chi connectivity index (χ4v) is 8.79. The van der Waals surface area contributed by atoms with Crippen molar-refractivity contribution in [2.45, 2.75) is 78.1 Å². The van der Waals surface area contributed by atoms with E-state index in [4.69, 9.17) is 9.97 Å². The Kier molecular flexibility index (Phi) is 14.3. The number of nitrogens with zero attached hydrogens (tertiary/aromatic N) is 6. The highest BCUT2D eigenvalue weighted by Crippen LogP contribution is 2.38. The molecule has 0 amide bonds. The third-order valence-corrected chi connectivity index (χ3v) is 12.3. The Morgan fingerprint density at radius 1 is 0.288 bits per heavy atom. The molecule has 0 aliphatic carbocycles. The number of hydrogen-bond donors (Lipinski definition) is 0. The third-order valence-electron chi connectivity index (χ3n) is 12.3. The van der Waals surface area contributed by atoms with Gasteiger partial charge in [0.2, 0.25) is 0 Å². The lowest BCUT2D eigenvalue weighted by Gasteiger charge is -2.19. The van der Waals surface area contributed by atoms with Crippen LogP contribution in [0.15, 0.2) is 183 Å². The summed E-state index contributed by atoms with van der Waals surface area (Å²) < 4.78 is 0. The number of hydrogen-bond acceptors (Lipinski definition) is 6. The number of benzene rings is 3. The number of aromatic nitrogens is 6. The molecule has 6 aromatic heterocycles. The van der Waals surface area contributed by atoms with Crippen molar-refractivity contribution in [2.75, 3.05) is 0 Å². The van der Waals surface area contributed by atoms with Crippen LogP contribution < -0.4 is 0 Å². The molecule has 0 bridgehead atoms. The minimum absolute atomic E-state index is 0.827. The van der Waals surface area contributed by atoms with Crippen LogP contribution >= 0.6 is 0 Å². The van der Waals surface area contributed by atoms with E-state index in [-0.39, 0.29) is 0 Å². The van der Waals surface area contributed by atoms with E-state index in [9.17, 15) is 0 Å². The number of aryl methyl sites for hydroxylation is 2. The normalized spacial score (nSPS) is 11.2. The molecule has 0 unspecified atom stereocenters. The Morgan fingerprint density at radius 3 is 0.894 bits per heavy atom. The molecule has 0 saturated heterocycles. The zero-order chi connectivity index (χ0) is 44.9. The van der Waals surface area contributed by atoms with Crippen LogP contribution in [-0.2, 0) is 12.8 Å². The van der Waals surface area contributed by atoms with Gasteiger partial charge in [-0.2, -0.15) is 0 Å². The van der Waals surface area contributed by atoms with E-state index in [0.717, 1.165) is 93.5 Å². The summed E-state index contributed by atoms with van der Waals surface area (Å²) in [5.41, 5.74) is 19.1. The van der Waals surface area contributed by atoms with E-state index < -0.39 is 0 Å². The Balaban J connectivity index is 1.09. The monoisotopic (exact) mass is 860 g/mol. The second kappa shape index (κ2) is 21.5. The molecule has 326 valence electrons. The highest BCUT2D eigenvalue weighted by atomic mass is 14.8. The molecule has 0 spiro atoms. The molecule has 0 aliphatic rings. The molecule has 3 aromatic carbocycles. The maximum atomic E-state index is 5.01. The highest BCUT2D eigenvalue weighted by molar-refractivity contribution is 5.82. The largest absolute Gasteiger partial charge is 0.255 e. The second-order valence-corrected chi connectivity index (χ2v) is 17.1. The molecule has 0 N–H and O–H groups in total. The van der Waals surface area contributed by atoms with Gasteiger partial charge in [0, 0.05) is 24.8 Å². The van der Waals surface area contributed by atoms with Crippen molar-refractivity contribution in [1.82, 2.24) is 29.9 Å². The van der Waals surface area contributed by atoms with Crippen molar-refractivity contribution < 1.29 is 0 Å². The highest BCUT2D eigenvalue weighted by Gasteiger charge is 2.17. The van der Waals surface area contributed by atoms with Gasteiger partial charge in [-0.3, -0.25) is 19.9 Å². The average Bonchev–Trinajstić information content (AvgIpc) is 3.40. The fourth-order valence-electron chi connectivity index (χ4n) is 8.79. The standard InChI is InChI=1S/C60H56N6/c1-3-5-7-9-19-47-37-52(46-31-27-44(28-32-46)50-41-59(55-23-13-17-35-63-55)66-60(42-50)56-24-14-18-36-64-56)48(20-10-8-6-4-2)38-51(47)45-29-25-43(26-30-45)49-39-57(53-21-11-15-33-61-53)65-58(40-49)54-22-12-16-34-62-54/h11-18,21-42H,3-10,19-20H2,1-2H3. The van der Waals surface area contributed by atoms with Gasteiger partial charge in [-0.05, 0) is 154 Å². The summed E-state index contributed by atoms with van der Waals surface area (Å²) in [7, 11) is 0. The summed E-state index contributed by atoms with van der Waals surface area (Å²) >= 11 is 0. The van der Waals surface area contributed by atoms with E-state index in [1.165, 1.54) is 71.9 Å². The maximum absolute atomic E-state index is 5.01. The van der Waals surface area contributed by atoms with E-state index >= 15 is 0 Å². The van der Waals surface area contributed by atoms with Crippen molar-refractivity contribution in [2.24, 2.45) is 0 Å². The fraction of sp³-hybridized carbons (Fsp3) is 0.200. The van der Waals surface area contributed by atoms with Crippen LogP contribution in [0.5, 0.6) is 0 Å². The molecule has 9 aromatic rings. The first-order chi connectivity index (χ1) is 32.6. The van der Waals surface area contributed by atoms with Crippen LogP contribution in [0.2, 0.25) is 0 Å². The van der Waals surface area contributed by atoms with Gasteiger partial charge in [-0.1, -0.05) is 137 Å². The Hall–Kier alpha value is -7.44. The molecule has 66 heavy (non-hydrogen) atoms. The minimum Gasteiger partial charge on any atom is -0.255 e. The smallest absolute Gasteiger partial charge is 0.0900 e. The van der Waals surface area contributed by atoms with E-state index in [0.29, 0.717) is 0 Å². The van der Waals surface area contributed by atoms with Gasteiger partial charge in [0.25, 0.3) is 0 Å². The Bertz CT molecular complexity index is 2630. The third kappa shape index (κ3) is 10.6. The molecule has 6 nitrogen and oxygen atoms in total. The Labute approximate surface area is 390 Å². The molecule has 9 rings (SSSR count). The number of unbranched alkanes of at least 4 members (excludes halogenated alkanes) is 6. The zero-order valence-corrected chi connectivity index (χ0v) is 38.1. The molecule has 0 saturated carbocycles. The lowest BCUT2D eigenvalue weighted by Crippen LogP contribution is -1.99. The lowest BCUT2D eigenvalue weighted by atomic mass is 9.86. The predicted octanol–water partition coefficient (Wildman–Crippen LogP) is 15.6. The summed E-state index contributed by atoms with van der Waals surface area (Å²) in [5, 5.41) is 0. The topological polar surface area (TPSA) is 77.3 Å². The van der Waals surface area contributed by atoms with Crippen molar-refractivity contribution in [1.29, 1.82) is 0 Å². The van der Waals surface area contributed by atoms with Crippen molar-refractivity contribution >= 4 is 0 Å². The summed E-state index contributed by atoms with van der Waals surface area (Å²) in [6, 6.07) is 55.7. The molecule has 0 radical (unpaired) electrons. The van der Waals surface area contributed by atoms with Crippen LogP contribution in [0.25, 0.3) is 90.1 Å². The first-order valence-corrected chi connectivity index (χ1v) is 23.7. The summed E-state index contributed by atoms with van der Waals surface area (Å²) in [4.78, 5) is 28.6. The van der Waals surface area contributed by atoms with Gasteiger partial charge in [0.05, 0.1) is 45.6 Å². The van der Waals surface area contributed by atoms with E-state index in [1.807, 2.05) is 97.6 Å². The number of rotatable bonds is 18.